The van der Waals surface area contributed by atoms with Crippen molar-refractivity contribution >= 4 is 34.8 Å². The van der Waals surface area contributed by atoms with Crippen molar-refractivity contribution in [1.82, 2.24) is 15.5 Å². The van der Waals surface area contributed by atoms with E-state index in [1.54, 1.807) is 0 Å². The van der Waals surface area contributed by atoms with Crippen molar-refractivity contribution in [3.8, 4) is 0 Å². The summed E-state index contributed by atoms with van der Waals surface area (Å²) in [5.41, 5.74) is 3.34. The number of halogens is 1. The second kappa shape index (κ2) is 13.5. The van der Waals surface area contributed by atoms with Crippen LogP contribution in [0.25, 0.3) is 0 Å². The topological polar surface area (TPSA) is 73.8 Å². The smallest absolute Gasteiger partial charge is 0.247 e. The zero-order chi connectivity index (χ0) is 24.4. The molecule has 182 valence electrons. The fourth-order valence-corrected chi connectivity index (χ4v) is 4.09. The second-order valence-corrected chi connectivity index (χ2v) is 9.57. The van der Waals surface area contributed by atoms with Gasteiger partial charge in [-0.05, 0) is 75.9 Å². The number of hydrogen-bond acceptors (Lipinski definition) is 4. The predicted octanol–water partition coefficient (Wildman–Crippen LogP) is 4.82. The molecule has 7 heteroatoms. The molecule has 1 heterocycles. The standard InChI is InChI=1S/C26H39ClN4O2/c1-6-18(2)24(16-28-26(33)20(4)17-31-13-7-8-14-31)30-25(32)12-9-21(5)29-23-11-10-22(27)15-19(23)3/h10-11,15,18,24H,4,6-9,12-14,16-17H2,1-3,5H3,(H,28,33)(H,30,32)/b29-21+. The number of amides is 2. The molecule has 6 nitrogen and oxygen atoms in total. The van der Waals surface area contributed by atoms with Crippen molar-refractivity contribution in [2.75, 3.05) is 26.2 Å². The van der Waals surface area contributed by atoms with Crippen LogP contribution in [-0.2, 0) is 9.59 Å². The summed E-state index contributed by atoms with van der Waals surface area (Å²) in [5, 5.41) is 6.76. The molecule has 0 aromatic heterocycles. The van der Waals surface area contributed by atoms with E-state index >= 15 is 0 Å². The monoisotopic (exact) mass is 474 g/mol. The highest BCUT2D eigenvalue weighted by molar-refractivity contribution is 6.30. The van der Waals surface area contributed by atoms with Gasteiger partial charge in [-0.15, -0.1) is 0 Å². The molecule has 1 saturated heterocycles. The lowest BCUT2D eigenvalue weighted by Gasteiger charge is -2.25. The molecule has 1 aliphatic rings. The average Bonchev–Trinajstić information content (AvgIpc) is 3.29. The molecule has 2 rings (SSSR count). The molecule has 1 aromatic carbocycles. The van der Waals surface area contributed by atoms with Crippen LogP contribution in [-0.4, -0.2) is 54.6 Å². The van der Waals surface area contributed by atoms with Crippen LogP contribution in [0.5, 0.6) is 0 Å². The maximum atomic E-state index is 12.6. The molecule has 33 heavy (non-hydrogen) atoms. The van der Waals surface area contributed by atoms with E-state index < -0.39 is 0 Å². The number of hydrogen-bond donors (Lipinski definition) is 2. The quantitative estimate of drug-likeness (QED) is 0.337. The molecule has 1 fully saturated rings. The minimum absolute atomic E-state index is 0.0344. The van der Waals surface area contributed by atoms with Crippen molar-refractivity contribution in [2.24, 2.45) is 10.9 Å². The zero-order valence-electron chi connectivity index (χ0n) is 20.5. The molecule has 0 saturated carbocycles. The number of nitrogens with one attached hydrogen (secondary N) is 2. The Kier molecular flexibility index (Phi) is 11.1. The summed E-state index contributed by atoms with van der Waals surface area (Å²) in [4.78, 5) is 32.0. The number of benzene rings is 1. The number of rotatable bonds is 12. The van der Waals surface area contributed by atoms with Crippen molar-refractivity contribution in [3.05, 3.63) is 40.9 Å². The minimum atomic E-state index is -0.134. The van der Waals surface area contributed by atoms with E-state index in [1.807, 2.05) is 32.0 Å². The largest absolute Gasteiger partial charge is 0.351 e. The number of nitrogens with zero attached hydrogens (tertiary/aromatic N) is 2. The molecule has 0 spiro atoms. The molecule has 1 aromatic rings. The molecule has 2 unspecified atom stereocenters. The first-order chi connectivity index (χ1) is 15.7. The third kappa shape index (κ3) is 9.30. The van der Waals surface area contributed by atoms with E-state index in [0.29, 0.717) is 36.5 Å². The first kappa shape index (κ1) is 27.1. The van der Waals surface area contributed by atoms with Crippen LogP contribution in [0.15, 0.2) is 35.3 Å². The molecular weight excluding hydrogens is 436 g/mol. The Hall–Kier alpha value is -2.18. The van der Waals surface area contributed by atoms with Gasteiger partial charge in [0.15, 0.2) is 0 Å². The highest BCUT2D eigenvalue weighted by atomic mass is 35.5. The SMILES string of the molecule is C=C(CN1CCCC1)C(=O)NCC(NC(=O)CC/C(C)=N/c1ccc(Cl)cc1C)C(C)CC. The van der Waals surface area contributed by atoms with E-state index in [-0.39, 0.29) is 23.8 Å². The summed E-state index contributed by atoms with van der Waals surface area (Å²) in [6.45, 7) is 15.1. The van der Waals surface area contributed by atoms with Crippen LogP contribution < -0.4 is 10.6 Å². The normalized spacial score (nSPS) is 16.3. The van der Waals surface area contributed by atoms with E-state index in [1.165, 1.54) is 12.8 Å². The number of aryl methyl sites for hydroxylation is 1. The predicted molar refractivity (Wildman–Crippen MR) is 137 cm³/mol. The third-order valence-electron chi connectivity index (χ3n) is 6.28. The molecular formula is C26H39ClN4O2. The fraction of sp³-hybridized carbons (Fsp3) is 0.577. The average molecular weight is 475 g/mol. The Morgan fingerprint density at radius 1 is 1.24 bits per heavy atom. The van der Waals surface area contributed by atoms with E-state index in [9.17, 15) is 9.59 Å². The van der Waals surface area contributed by atoms with E-state index in [0.717, 1.165) is 36.5 Å². The van der Waals surface area contributed by atoms with Crippen LogP contribution in [0.2, 0.25) is 5.02 Å². The summed E-state index contributed by atoms with van der Waals surface area (Å²) < 4.78 is 0. The van der Waals surface area contributed by atoms with Gasteiger partial charge in [0.1, 0.15) is 0 Å². The number of aliphatic imine (C=N–C) groups is 1. The number of carbonyl (C=O) groups excluding carboxylic acids is 2. The molecule has 1 aliphatic heterocycles. The minimum Gasteiger partial charge on any atom is -0.351 e. The Morgan fingerprint density at radius 3 is 2.58 bits per heavy atom. The summed E-state index contributed by atoms with van der Waals surface area (Å²) in [6, 6.07) is 5.46. The van der Waals surface area contributed by atoms with Crippen LogP contribution in [0, 0.1) is 12.8 Å². The lowest BCUT2D eigenvalue weighted by molar-refractivity contribution is -0.123. The summed E-state index contributed by atoms with van der Waals surface area (Å²) >= 11 is 6.01. The van der Waals surface area contributed by atoms with Crippen LogP contribution in [0.4, 0.5) is 5.69 Å². The second-order valence-electron chi connectivity index (χ2n) is 9.13. The maximum absolute atomic E-state index is 12.6. The zero-order valence-corrected chi connectivity index (χ0v) is 21.3. The Morgan fingerprint density at radius 2 is 1.94 bits per heavy atom. The summed E-state index contributed by atoms with van der Waals surface area (Å²) in [5.74, 6) is 0.0752. The summed E-state index contributed by atoms with van der Waals surface area (Å²) in [7, 11) is 0. The van der Waals surface area contributed by atoms with Crippen molar-refractivity contribution in [2.45, 2.75) is 65.8 Å². The van der Waals surface area contributed by atoms with E-state index in [2.05, 4.69) is 41.0 Å². The molecule has 2 amide bonds. The van der Waals surface area contributed by atoms with Gasteiger partial charge in [-0.2, -0.15) is 0 Å². The molecule has 2 atom stereocenters. The van der Waals surface area contributed by atoms with Gasteiger partial charge in [0.25, 0.3) is 0 Å². The van der Waals surface area contributed by atoms with Gasteiger partial charge in [-0.25, -0.2) is 0 Å². The Labute approximate surface area is 203 Å². The van der Waals surface area contributed by atoms with Gasteiger partial charge in [0.05, 0.1) is 5.69 Å². The lowest BCUT2D eigenvalue weighted by atomic mass is 9.98. The van der Waals surface area contributed by atoms with Gasteiger partial charge in [0, 0.05) is 41.9 Å². The van der Waals surface area contributed by atoms with Crippen molar-refractivity contribution in [3.63, 3.8) is 0 Å². The van der Waals surface area contributed by atoms with Gasteiger partial charge in [-0.3, -0.25) is 19.5 Å². The van der Waals surface area contributed by atoms with Gasteiger partial charge in [-0.1, -0.05) is 38.4 Å². The summed E-state index contributed by atoms with van der Waals surface area (Å²) in [6.07, 6.45) is 4.19. The number of carbonyl (C=O) groups is 2. The van der Waals surface area contributed by atoms with Crippen molar-refractivity contribution < 1.29 is 9.59 Å². The highest BCUT2D eigenvalue weighted by Gasteiger charge is 2.21. The van der Waals surface area contributed by atoms with Crippen LogP contribution >= 0.6 is 11.6 Å². The molecule has 0 aliphatic carbocycles. The van der Waals surface area contributed by atoms with Crippen LogP contribution in [0.3, 0.4) is 0 Å². The van der Waals surface area contributed by atoms with Crippen LogP contribution in [0.1, 0.15) is 58.4 Å². The molecule has 0 bridgehead atoms. The van der Waals surface area contributed by atoms with Gasteiger partial charge in [0.2, 0.25) is 11.8 Å². The number of likely N-dealkylation sites (tertiary alicyclic amines) is 1. The molecule has 0 radical (unpaired) electrons. The fourth-order valence-electron chi connectivity index (χ4n) is 3.87. The highest BCUT2D eigenvalue weighted by Crippen LogP contribution is 2.23. The Balaban J connectivity index is 1.84. The van der Waals surface area contributed by atoms with Gasteiger partial charge < -0.3 is 10.6 Å². The van der Waals surface area contributed by atoms with Gasteiger partial charge >= 0.3 is 0 Å². The molecule has 2 N–H and O–H groups in total. The van der Waals surface area contributed by atoms with E-state index in [4.69, 9.17) is 11.6 Å². The third-order valence-corrected chi connectivity index (χ3v) is 6.51. The first-order valence-corrected chi connectivity index (χ1v) is 12.3. The maximum Gasteiger partial charge on any atom is 0.247 e. The lowest BCUT2D eigenvalue weighted by Crippen LogP contribution is -2.47. The Bertz CT molecular complexity index is 862. The van der Waals surface area contributed by atoms with Crippen molar-refractivity contribution in [1.29, 1.82) is 0 Å². The first-order valence-electron chi connectivity index (χ1n) is 12.0.